The van der Waals surface area contributed by atoms with Gasteiger partial charge in [-0.2, -0.15) is 0 Å². The molecule has 1 saturated carbocycles. The molecule has 64 valence electrons. The predicted molar refractivity (Wildman–Crippen MR) is 47.5 cm³/mol. The minimum Gasteiger partial charge on any atom is -0.389 e. The maximum absolute atomic E-state index is 9.78. The lowest BCUT2D eigenvalue weighted by molar-refractivity contribution is 0.0942. The highest BCUT2D eigenvalue weighted by atomic mass is 16.3. The van der Waals surface area contributed by atoms with Crippen molar-refractivity contribution in [1.29, 1.82) is 0 Å². The molecule has 0 aromatic carbocycles. The molecule has 5 atom stereocenters. The Balaban J connectivity index is 1.97. The van der Waals surface area contributed by atoms with Gasteiger partial charge in [-0.05, 0) is 36.5 Å². The van der Waals surface area contributed by atoms with Crippen LogP contribution in [-0.2, 0) is 0 Å². The van der Waals surface area contributed by atoms with Gasteiger partial charge in [-0.3, -0.25) is 0 Å². The average molecular weight is 162 g/mol. The average Bonchev–Trinajstić information content (AvgIpc) is 2.64. The van der Waals surface area contributed by atoms with Gasteiger partial charge in [0, 0.05) is 0 Å². The summed E-state index contributed by atoms with van der Waals surface area (Å²) in [5.74, 6) is 2.75. The van der Waals surface area contributed by atoms with E-state index in [4.69, 9.17) is 0 Å². The molecule has 3 rings (SSSR count). The fourth-order valence-electron chi connectivity index (χ4n) is 3.30. The van der Waals surface area contributed by atoms with Crippen molar-refractivity contribution in [3.63, 3.8) is 0 Å². The summed E-state index contributed by atoms with van der Waals surface area (Å²) in [6, 6.07) is 0. The Hall–Kier alpha value is -0.560. The molecular formula is C11H14O. The first-order valence-electron chi connectivity index (χ1n) is 4.89. The van der Waals surface area contributed by atoms with Crippen LogP contribution < -0.4 is 0 Å². The van der Waals surface area contributed by atoms with Gasteiger partial charge in [-0.1, -0.05) is 24.3 Å². The summed E-state index contributed by atoms with van der Waals surface area (Å²) in [5, 5.41) is 9.78. The van der Waals surface area contributed by atoms with Crippen molar-refractivity contribution in [2.24, 2.45) is 23.7 Å². The normalized spacial score (nSPS) is 54.6. The molecule has 1 heteroatoms. The van der Waals surface area contributed by atoms with Gasteiger partial charge in [-0.25, -0.2) is 0 Å². The number of fused-ring (bicyclic) bond motifs is 5. The number of aliphatic hydroxyl groups excluding tert-OH is 1. The molecule has 1 unspecified atom stereocenters. The third-order valence-electron chi connectivity index (χ3n) is 3.82. The quantitative estimate of drug-likeness (QED) is 0.538. The highest BCUT2D eigenvalue weighted by molar-refractivity contribution is 5.19. The third-order valence-corrected chi connectivity index (χ3v) is 3.82. The molecule has 0 aliphatic heterocycles. The van der Waals surface area contributed by atoms with Gasteiger partial charge < -0.3 is 5.11 Å². The van der Waals surface area contributed by atoms with Crippen LogP contribution in [0, 0.1) is 23.7 Å². The zero-order chi connectivity index (χ0) is 8.13. The Labute approximate surface area is 72.8 Å². The van der Waals surface area contributed by atoms with Crippen LogP contribution >= 0.6 is 0 Å². The Morgan fingerprint density at radius 1 is 1.08 bits per heavy atom. The summed E-state index contributed by atoms with van der Waals surface area (Å²) >= 11 is 0. The summed E-state index contributed by atoms with van der Waals surface area (Å²) in [6.45, 7) is 0. The van der Waals surface area contributed by atoms with E-state index in [1.807, 2.05) is 6.08 Å². The molecule has 1 nitrogen and oxygen atoms in total. The third kappa shape index (κ3) is 0.726. The maximum atomic E-state index is 9.78. The molecule has 0 heterocycles. The second-order valence-corrected chi connectivity index (χ2v) is 4.34. The van der Waals surface area contributed by atoms with Crippen molar-refractivity contribution in [3.8, 4) is 0 Å². The van der Waals surface area contributed by atoms with E-state index >= 15 is 0 Å². The van der Waals surface area contributed by atoms with E-state index in [0.29, 0.717) is 11.8 Å². The Morgan fingerprint density at radius 3 is 2.75 bits per heavy atom. The predicted octanol–water partition coefficient (Wildman–Crippen LogP) is 1.75. The lowest BCUT2D eigenvalue weighted by Crippen LogP contribution is -2.32. The van der Waals surface area contributed by atoms with Gasteiger partial charge in [0.2, 0.25) is 0 Å². The number of hydrogen-bond donors (Lipinski definition) is 1. The summed E-state index contributed by atoms with van der Waals surface area (Å²) in [4.78, 5) is 0. The first-order chi connectivity index (χ1) is 5.86. The van der Waals surface area contributed by atoms with E-state index in [0.717, 1.165) is 11.8 Å². The minimum absolute atomic E-state index is 0.163. The van der Waals surface area contributed by atoms with Crippen LogP contribution in [0.15, 0.2) is 24.3 Å². The van der Waals surface area contributed by atoms with Crippen molar-refractivity contribution in [2.45, 2.75) is 18.9 Å². The number of hydrogen-bond acceptors (Lipinski definition) is 1. The monoisotopic (exact) mass is 162 g/mol. The van der Waals surface area contributed by atoms with E-state index < -0.39 is 0 Å². The lowest BCUT2D eigenvalue weighted by Gasteiger charge is -2.32. The Kier molecular flexibility index (Phi) is 1.28. The van der Waals surface area contributed by atoms with Crippen molar-refractivity contribution in [2.75, 3.05) is 0 Å². The highest BCUT2D eigenvalue weighted by Gasteiger charge is 2.47. The van der Waals surface area contributed by atoms with Crippen LogP contribution in [0.4, 0.5) is 0 Å². The van der Waals surface area contributed by atoms with Gasteiger partial charge in [0.15, 0.2) is 0 Å². The van der Waals surface area contributed by atoms with Gasteiger partial charge in [0.05, 0.1) is 6.10 Å². The van der Waals surface area contributed by atoms with Crippen LogP contribution in [0.3, 0.4) is 0 Å². The first kappa shape index (κ1) is 6.90. The van der Waals surface area contributed by atoms with Gasteiger partial charge >= 0.3 is 0 Å². The summed E-state index contributed by atoms with van der Waals surface area (Å²) in [6.07, 6.45) is 11.1. The molecule has 3 aliphatic carbocycles. The molecule has 2 bridgehead atoms. The molecule has 3 aliphatic rings. The summed E-state index contributed by atoms with van der Waals surface area (Å²) < 4.78 is 0. The molecule has 1 fully saturated rings. The second kappa shape index (κ2) is 2.23. The van der Waals surface area contributed by atoms with Crippen LogP contribution in [-0.4, -0.2) is 11.2 Å². The second-order valence-electron chi connectivity index (χ2n) is 4.34. The Morgan fingerprint density at radius 2 is 1.92 bits per heavy atom. The molecule has 1 N–H and O–H groups in total. The van der Waals surface area contributed by atoms with Gasteiger partial charge in [0.25, 0.3) is 0 Å². The fourth-order valence-corrected chi connectivity index (χ4v) is 3.30. The van der Waals surface area contributed by atoms with E-state index in [9.17, 15) is 5.11 Å². The van der Waals surface area contributed by atoms with Crippen molar-refractivity contribution in [3.05, 3.63) is 24.3 Å². The summed E-state index contributed by atoms with van der Waals surface area (Å²) in [7, 11) is 0. The highest BCUT2D eigenvalue weighted by Crippen LogP contribution is 2.52. The Bertz CT molecular complexity index is 254. The molecule has 0 spiro atoms. The molecule has 0 aromatic heterocycles. The molecule has 0 amide bonds. The smallest absolute Gasteiger partial charge is 0.0757 e. The largest absolute Gasteiger partial charge is 0.389 e. The van der Waals surface area contributed by atoms with E-state index in [1.54, 1.807) is 0 Å². The molecule has 12 heavy (non-hydrogen) atoms. The van der Waals surface area contributed by atoms with Crippen LogP contribution in [0.2, 0.25) is 0 Å². The zero-order valence-corrected chi connectivity index (χ0v) is 7.06. The number of aliphatic hydroxyl groups is 1. The topological polar surface area (TPSA) is 20.2 Å². The van der Waals surface area contributed by atoms with Crippen LogP contribution in [0.1, 0.15) is 12.8 Å². The minimum atomic E-state index is -0.163. The first-order valence-corrected chi connectivity index (χ1v) is 4.89. The van der Waals surface area contributed by atoms with E-state index in [1.165, 1.54) is 12.8 Å². The summed E-state index contributed by atoms with van der Waals surface area (Å²) in [5.41, 5.74) is 0. The molecule has 0 radical (unpaired) electrons. The number of allylic oxidation sites excluding steroid dienone is 3. The standard InChI is InChI=1S/C11H14O/c12-10-3-1-2-9-7-4-5-8(6-7)11(9)10/h1,3-5,7-12H,2,6H2/t7-,8+,9-,10?,11+/m0/s1. The van der Waals surface area contributed by atoms with E-state index in [2.05, 4.69) is 18.2 Å². The molecular weight excluding hydrogens is 148 g/mol. The fraction of sp³-hybridized carbons (Fsp3) is 0.636. The van der Waals surface area contributed by atoms with Crippen molar-refractivity contribution in [1.82, 2.24) is 0 Å². The van der Waals surface area contributed by atoms with E-state index in [-0.39, 0.29) is 6.10 Å². The lowest BCUT2D eigenvalue weighted by atomic mass is 9.75. The van der Waals surface area contributed by atoms with Gasteiger partial charge in [-0.15, -0.1) is 0 Å². The van der Waals surface area contributed by atoms with Crippen LogP contribution in [0.25, 0.3) is 0 Å². The van der Waals surface area contributed by atoms with Crippen molar-refractivity contribution < 1.29 is 5.11 Å². The molecule has 0 saturated heterocycles. The van der Waals surface area contributed by atoms with Gasteiger partial charge in [0.1, 0.15) is 0 Å². The maximum Gasteiger partial charge on any atom is 0.0757 e. The molecule has 0 aromatic rings. The van der Waals surface area contributed by atoms with Crippen molar-refractivity contribution >= 4 is 0 Å². The zero-order valence-electron chi connectivity index (χ0n) is 7.06. The van der Waals surface area contributed by atoms with Crippen LogP contribution in [0.5, 0.6) is 0 Å². The number of rotatable bonds is 0. The SMILES string of the molecule is OC1C=CC[C@@H]2[C@H]1[C@@H]1C=C[C@H]2C1.